The van der Waals surface area contributed by atoms with Crippen molar-refractivity contribution >= 4 is 11.8 Å². The average molecular weight is 200 g/mol. The van der Waals surface area contributed by atoms with Gasteiger partial charge in [-0.2, -0.15) is 0 Å². The molecule has 0 aliphatic rings. The van der Waals surface area contributed by atoms with Crippen LogP contribution in [0.3, 0.4) is 0 Å². The quantitative estimate of drug-likeness (QED) is 0.582. The second kappa shape index (κ2) is 5.29. The summed E-state index contributed by atoms with van der Waals surface area (Å²) in [5, 5.41) is 9.93. The normalized spacial score (nSPS) is 10.7. The predicted molar refractivity (Wildman–Crippen MR) is 54.8 cm³/mol. The van der Waals surface area contributed by atoms with Crippen molar-refractivity contribution in [1.29, 1.82) is 0 Å². The van der Waals surface area contributed by atoms with Crippen LogP contribution < -0.4 is 0 Å². The Bertz CT molecular complexity index is 260. The van der Waals surface area contributed by atoms with Gasteiger partial charge in [-0.3, -0.25) is 0 Å². The number of aromatic nitrogens is 2. The molecule has 0 spiro atoms. The fourth-order valence-electron chi connectivity index (χ4n) is 1.01. The van der Waals surface area contributed by atoms with E-state index in [1.165, 1.54) is 12.8 Å². The lowest BCUT2D eigenvalue weighted by Gasteiger charge is -2.02. The van der Waals surface area contributed by atoms with Crippen molar-refractivity contribution in [1.82, 2.24) is 9.55 Å². The maximum atomic E-state index is 8.93. The summed E-state index contributed by atoms with van der Waals surface area (Å²) < 4.78 is 1.94. The number of rotatable bonds is 5. The molecule has 0 aliphatic carbocycles. The Hall–Kier alpha value is -0.480. The maximum absolute atomic E-state index is 8.93. The van der Waals surface area contributed by atoms with Crippen LogP contribution in [0.1, 0.15) is 25.5 Å². The summed E-state index contributed by atoms with van der Waals surface area (Å²) in [5.74, 6) is 1.10. The summed E-state index contributed by atoms with van der Waals surface area (Å²) in [6.07, 6.45) is 4.16. The molecular weight excluding hydrogens is 184 g/mol. The zero-order valence-electron chi connectivity index (χ0n) is 8.16. The van der Waals surface area contributed by atoms with Gasteiger partial charge in [0.05, 0.1) is 18.5 Å². The third kappa shape index (κ3) is 2.74. The summed E-state index contributed by atoms with van der Waals surface area (Å²) in [6, 6.07) is 0. The van der Waals surface area contributed by atoms with E-state index in [0.717, 1.165) is 16.6 Å². The summed E-state index contributed by atoms with van der Waals surface area (Å²) in [6.45, 7) is 2.25. The number of hydrogen-bond acceptors (Lipinski definition) is 3. The van der Waals surface area contributed by atoms with Crippen LogP contribution >= 0.6 is 11.8 Å². The Labute approximate surface area is 83.2 Å². The molecule has 1 aromatic heterocycles. The van der Waals surface area contributed by atoms with Gasteiger partial charge in [-0.1, -0.05) is 25.1 Å². The fraction of sp³-hybridized carbons (Fsp3) is 0.667. The highest BCUT2D eigenvalue weighted by molar-refractivity contribution is 7.99. The maximum Gasteiger partial charge on any atom is 0.167 e. The van der Waals surface area contributed by atoms with E-state index in [1.54, 1.807) is 18.0 Å². The van der Waals surface area contributed by atoms with Gasteiger partial charge in [-0.15, -0.1) is 0 Å². The highest BCUT2D eigenvalue weighted by Crippen LogP contribution is 2.18. The van der Waals surface area contributed by atoms with E-state index in [4.69, 9.17) is 5.11 Å². The molecule has 0 saturated carbocycles. The first-order valence-corrected chi connectivity index (χ1v) is 5.52. The Kier molecular flexibility index (Phi) is 4.32. The zero-order chi connectivity index (χ0) is 9.68. The zero-order valence-corrected chi connectivity index (χ0v) is 8.97. The lowest BCUT2D eigenvalue weighted by molar-refractivity contribution is 0.271. The smallest absolute Gasteiger partial charge is 0.167 e. The highest BCUT2D eigenvalue weighted by Gasteiger charge is 2.04. The first-order chi connectivity index (χ1) is 6.29. The highest BCUT2D eigenvalue weighted by atomic mass is 32.2. The molecule has 0 aliphatic heterocycles. The van der Waals surface area contributed by atoms with Crippen molar-refractivity contribution in [3.05, 3.63) is 11.9 Å². The minimum atomic E-state index is 0.0673. The van der Waals surface area contributed by atoms with E-state index >= 15 is 0 Å². The Balaban J connectivity index is 2.51. The molecule has 13 heavy (non-hydrogen) atoms. The number of imidazole rings is 1. The summed E-state index contributed by atoms with van der Waals surface area (Å²) >= 11 is 1.75. The molecule has 3 nitrogen and oxygen atoms in total. The Morgan fingerprint density at radius 3 is 2.92 bits per heavy atom. The minimum Gasteiger partial charge on any atom is -0.390 e. The van der Waals surface area contributed by atoms with Crippen LogP contribution in [0.5, 0.6) is 0 Å². The lowest BCUT2D eigenvalue weighted by Crippen LogP contribution is -1.97. The first kappa shape index (κ1) is 10.6. The molecule has 1 N–H and O–H groups in total. The molecule has 0 unspecified atom stereocenters. The van der Waals surface area contributed by atoms with Crippen molar-refractivity contribution in [2.75, 3.05) is 5.75 Å². The molecule has 0 bridgehead atoms. The minimum absolute atomic E-state index is 0.0673. The molecule has 1 aromatic rings. The standard InChI is InChI=1S/C9H16N2OS/c1-3-4-5-13-9-10-6-8(7-12)11(9)2/h6,12H,3-5,7H2,1-2H3. The van der Waals surface area contributed by atoms with Gasteiger partial charge in [0.1, 0.15) is 0 Å². The number of aliphatic hydroxyl groups excluding tert-OH is 1. The predicted octanol–water partition coefficient (Wildman–Crippen LogP) is 1.80. The monoisotopic (exact) mass is 200 g/mol. The van der Waals surface area contributed by atoms with E-state index < -0.39 is 0 Å². The van der Waals surface area contributed by atoms with Crippen molar-refractivity contribution in [3.8, 4) is 0 Å². The molecule has 4 heteroatoms. The van der Waals surface area contributed by atoms with Gasteiger partial charge in [0, 0.05) is 12.8 Å². The van der Waals surface area contributed by atoms with Gasteiger partial charge in [-0.05, 0) is 6.42 Å². The van der Waals surface area contributed by atoms with E-state index in [2.05, 4.69) is 11.9 Å². The molecule has 0 aromatic carbocycles. The van der Waals surface area contributed by atoms with E-state index in [0.29, 0.717) is 0 Å². The van der Waals surface area contributed by atoms with Crippen LogP contribution in [0.2, 0.25) is 0 Å². The summed E-state index contributed by atoms with van der Waals surface area (Å²) in [4.78, 5) is 4.22. The van der Waals surface area contributed by atoms with Gasteiger partial charge >= 0.3 is 0 Å². The number of aliphatic hydroxyl groups is 1. The molecule has 0 saturated heterocycles. The van der Waals surface area contributed by atoms with Crippen molar-refractivity contribution < 1.29 is 5.11 Å². The molecule has 0 atom stereocenters. The Morgan fingerprint density at radius 1 is 1.62 bits per heavy atom. The van der Waals surface area contributed by atoms with Crippen LogP contribution in [0.25, 0.3) is 0 Å². The van der Waals surface area contributed by atoms with Gasteiger partial charge < -0.3 is 9.67 Å². The third-order valence-corrected chi connectivity index (χ3v) is 3.06. The third-order valence-electron chi connectivity index (χ3n) is 1.93. The van der Waals surface area contributed by atoms with Crippen LogP contribution in [-0.2, 0) is 13.7 Å². The van der Waals surface area contributed by atoms with Crippen molar-refractivity contribution in [3.63, 3.8) is 0 Å². The molecular formula is C9H16N2OS. The molecule has 0 amide bonds. The van der Waals surface area contributed by atoms with E-state index in [-0.39, 0.29) is 6.61 Å². The van der Waals surface area contributed by atoms with Crippen molar-refractivity contribution in [2.45, 2.75) is 31.5 Å². The molecule has 1 heterocycles. The van der Waals surface area contributed by atoms with Crippen LogP contribution in [0.4, 0.5) is 0 Å². The van der Waals surface area contributed by atoms with Gasteiger partial charge in [0.25, 0.3) is 0 Å². The van der Waals surface area contributed by atoms with E-state index in [9.17, 15) is 0 Å². The average Bonchev–Trinajstić information content (AvgIpc) is 2.48. The number of nitrogens with zero attached hydrogens (tertiary/aromatic N) is 2. The fourth-order valence-corrected chi connectivity index (χ4v) is 2.07. The van der Waals surface area contributed by atoms with Crippen LogP contribution in [-0.4, -0.2) is 20.4 Å². The van der Waals surface area contributed by atoms with Crippen molar-refractivity contribution in [2.24, 2.45) is 7.05 Å². The van der Waals surface area contributed by atoms with Crippen LogP contribution in [0.15, 0.2) is 11.4 Å². The molecule has 0 fully saturated rings. The second-order valence-electron chi connectivity index (χ2n) is 2.95. The molecule has 1 rings (SSSR count). The SMILES string of the molecule is CCCCSc1ncc(CO)n1C. The number of hydrogen-bond donors (Lipinski definition) is 1. The number of unbranched alkanes of at least 4 members (excludes halogenated alkanes) is 1. The van der Waals surface area contributed by atoms with Gasteiger partial charge in [0.15, 0.2) is 5.16 Å². The first-order valence-electron chi connectivity index (χ1n) is 4.53. The lowest BCUT2D eigenvalue weighted by atomic mass is 10.4. The van der Waals surface area contributed by atoms with Crippen LogP contribution in [0, 0.1) is 0 Å². The van der Waals surface area contributed by atoms with Gasteiger partial charge in [-0.25, -0.2) is 4.98 Å². The Morgan fingerprint density at radius 2 is 2.38 bits per heavy atom. The summed E-state index contributed by atoms with van der Waals surface area (Å²) in [7, 11) is 1.94. The molecule has 0 radical (unpaired) electrons. The largest absolute Gasteiger partial charge is 0.390 e. The second-order valence-corrected chi connectivity index (χ2v) is 4.01. The van der Waals surface area contributed by atoms with Gasteiger partial charge in [0.2, 0.25) is 0 Å². The topological polar surface area (TPSA) is 38.1 Å². The number of thioether (sulfide) groups is 1. The summed E-state index contributed by atoms with van der Waals surface area (Å²) in [5.41, 5.74) is 0.874. The van der Waals surface area contributed by atoms with E-state index in [1.807, 2.05) is 11.6 Å². The molecule has 74 valence electrons.